The molecule has 0 saturated heterocycles. The highest BCUT2D eigenvalue weighted by molar-refractivity contribution is 6.21. The summed E-state index contributed by atoms with van der Waals surface area (Å²) in [4.78, 5) is 62.0. The van der Waals surface area contributed by atoms with E-state index in [0.717, 1.165) is 4.90 Å². The second kappa shape index (κ2) is 9.22. The average Bonchev–Trinajstić information content (AvgIpc) is 3.56. The number of nitrogens with zero attached hydrogens (tertiary/aromatic N) is 1. The number of hydrogen-bond acceptors (Lipinski definition) is 8. The molecule has 1 aliphatic rings. The molecule has 0 spiro atoms. The smallest absolute Gasteiger partial charge is 0.338 e. The maximum absolute atomic E-state index is 12.6. The lowest BCUT2D eigenvalue weighted by molar-refractivity contribution is -0.123. The monoisotopic (exact) mass is 451 g/mol. The fraction of sp³-hybridized carbons (Fsp3) is 0.136. The molecule has 3 aromatic rings. The van der Waals surface area contributed by atoms with Crippen molar-refractivity contribution < 1.29 is 37.5 Å². The molecule has 5 amide bonds. The Kier molecular flexibility index (Phi) is 6.02. The SMILES string of the molecule is O=C(COC(=O)c1ccc2c(c1)C(=O)N(Cc1ccco1)C2=O)NC(=O)NCc1ccco1. The van der Waals surface area contributed by atoms with Crippen molar-refractivity contribution in [3.05, 3.63) is 83.2 Å². The van der Waals surface area contributed by atoms with Crippen LogP contribution in [-0.2, 0) is 22.6 Å². The highest BCUT2D eigenvalue weighted by atomic mass is 16.5. The Balaban J connectivity index is 1.31. The van der Waals surface area contributed by atoms with Gasteiger partial charge in [-0.3, -0.25) is 24.6 Å². The largest absolute Gasteiger partial charge is 0.467 e. The van der Waals surface area contributed by atoms with Crippen molar-refractivity contribution in [2.24, 2.45) is 0 Å². The topological polar surface area (TPSA) is 148 Å². The number of carbonyl (C=O) groups is 5. The minimum atomic E-state index is -0.895. The summed E-state index contributed by atoms with van der Waals surface area (Å²) in [6.45, 7) is -0.687. The number of nitrogens with one attached hydrogen (secondary N) is 2. The zero-order chi connectivity index (χ0) is 23.4. The number of ether oxygens (including phenoxy) is 1. The van der Waals surface area contributed by atoms with Gasteiger partial charge < -0.3 is 18.9 Å². The van der Waals surface area contributed by atoms with Gasteiger partial charge in [0.15, 0.2) is 6.61 Å². The van der Waals surface area contributed by atoms with Gasteiger partial charge in [0.1, 0.15) is 11.5 Å². The maximum atomic E-state index is 12.6. The predicted octanol–water partition coefficient (Wildman–Crippen LogP) is 1.85. The molecule has 1 aliphatic heterocycles. The van der Waals surface area contributed by atoms with Crippen LogP contribution < -0.4 is 10.6 Å². The highest BCUT2D eigenvalue weighted by Crippen LogP contribution is 2.26. The van der Waals surface area contributed by atoms with Crippen LogP contribution in [0.4, 0.5) is 4.79 Å². The van der Waals surface area contributed by atoms with Crippen LogP contribution in [0.1, 0.15) is 42.6 Å². The molecule has 0 bridgehead atoms. The normalized spacial score (nSPS) is 12.4. The first-order chi connectivity index (χ1) is 15.9. The number of esters is 1. The number of benzene rings is 1. The second-order valence-corrected chi connectivity index (χ2v) is 6.92. The summed E-state index contributed by atoms with van der Waals surface area (Å²) < 4.78 is 15.1. The Morgan fingerprint density at radius 2 is 1.61 bits per heavy atom. The average molecular weight is 451 g/mol. The van der Waals surface area contributed by atoms with Crippen molar-refractivity contribution in [2.45, 2.75) is 13.1 Å². The van der Waals surface area contributed by atoms with Crippen molar-refractivity contribution in [3.8, 4) is 0 Å². The number of rotatable bonds is 7. The number of furan rings is 2. The molecular formula is C22H17N3O8. The standard InChI is InChI=1S/C22H17N3O8/c26-18(24-22(30)23-10-14-3-1-7-31-14)12-33-21(29)13-5-6-16-17(9-13)20(28)25(19(16)27)11-15-4-2-8-32-15/h1-9H,10-12H2,(H2,23,24,26,30). The molecule has 0 fully saturated rings. The Hall–Kier alpha value is -4.67. The lowest BCUT2D eigenvalue weighted by Crippen LogP contribution is -2.41. The summed E-state index contributed by atoms with van der Waals surface area (Å²) >= 11 is 0. The Morgan fingerprint density at radius 3 is 2.30 bits per heavy atom. The van der Waals surface area contributed by atoms with Crippen molar-refractivity contribution >= 4 is 29.7 Å². The van der Waals surface area contributed by atoms with Crippen LogP contribution in [0.5, 0.6) is 0 Å². The molecule has 0 aliphatic carbocycles. The predicted molar refractivity (Wildman–Crippen MR) is 109 cm³/mol. The van der Waals surface area contributed by atoms with E-state index in [1.54, 1.807) is 24.3 Å². The molecule has 1 aromatic carbocycles. The molecule has 11 heteroatoms. The number of carbonyl (C=O) groups excluding carboxylic acids is 5. The molecule has 11 nitrogen and oxygen atoms in total. The molecular weight excluding hydrogens is 434 g/mol. The van der Waals surface area contributed by atoms with E-state index in [1.807, 2.05) is 5.32 Å². The fourth-order valence-corrected chi connectivity index (χ4v) is 3.12. The third-order valence-corrected chi connectivity index (χ3v) is 4.69. The zero-order valence-corrected chi connectivity index (χ0v) is 17.0. The minimum Gasteiger partial charge on any atom is -0.467 e. The Bertz CT molecular complexity index is 1210. The lowest BCUT2D eigenvalue weighted by Gasteiger charge is -2.11. The molecule has 0 unspecified atom stereocenters. The van der Waals surface area contributed by atoms with Gasteiger partial charge in [0, 0.05) is 0 Å². The Labute approximate surface area is 186 Å². The van der Waals surface area contributed by atoms with Crippen LogP contribution in [0.15, 0.2) is 63.8 Å². The van der Waals surface area contributed by atoms with E-state index < -0.39 is 36.3 Å². The van der Waals surface area contributed by atoms with E-state index in [0.29, 0.717) is 11.5 Å². The number of imide groups is 2. The summed E-state index contributed by atoms with van der Waals surface area (Å²) in [5, 5.41) is 4.41. The van der Waals surface area contributed by atoms with Gasteiger partial charge in [-0.1, -0.05) is 0 Å². The number of hydrogen-bond donors (Lipinski definition) is 2. The fourth-order valence-electron chi connectivity index (χ4n) is 3.12. The third-order valence-electron chi connectivity index (χ3n) is 4.69. The lowest BCUT2D eigenvalue weighted by atomic mass is 10.1. The van der Waals surface area contributed by atoms with Crippen LogP contribution in [0, 0.1) is 0 Å². The molecule has 2 aromatic heterocycles. The summed E-state index contributed by atoms with van der Waals surface area (Å²) in [6, 6.07) is 9.68. The van der Waals surface area contributed by atoms with Gasteiger partial charge in [0.2, 0.25) is 0 Å². The van der Waals surface area contributed by atoms with Gasteiger partial charge in [-0.2, -0.15) is 0 Å². The van der Waals surface area contributed by atoms with Crippen molar-refractivity contribution in [1.82, 2.24) is 15.5 Å². The van der Waals surface area contributed by atoms with Gasteiger partial charge in [-0.25, -0.2) is 9.59 Å². The van der Waals surface area contributed by atoms with Crippen molar-refractivity contribution in [2.75, 3.05) is 6.61 Å². The molecule has 0 radical (unpaired) electrons. The van der Waals surface area contributed by atoms with Crippen molar-refractivity contribution in [3.63, 3.8) is 0 Å². The van der Waals surface area contributed by atoms with E-state index >= 15 is 0 Å². The maximum Gasteiger partial charge on any atom is 0.338 e. The van der Waals surface area contributed by atoms with E-state index in [-0.39, 0.29) is 29.8 Å². The van der Waals surface area contributed by atoms with Crippen LogP contribution in [0.2, 0.25) is 0 Å². The van der Waals surface area contributed by atoms with Gasteiger partial charge in [0.05, 0.1) is 42.3 Å². The first kappa shape index (κ1) is 21.6. The summed E-state index contributed by atoms with van der Waals surface area (Å²) in [7, 11) is 0. The zero-order valence-electron chi connectivity index (χ0n) is 17.0. The summed E-state index contributed by atoms with van der Waals surface area (Å²) in [6.07, 6.45) is 2.87. The molecule has 0 atom stereocenters. The second-order valence-electron chi connectivity index (χ2n) is 6.92. The van der Waals surface area contributed by atoms with E-state index in [1.165, 1.54) is 30.7 Å². The van der Waals surface area contributed by atoms with E-state index in [4.69, 9.17) is 13.6 Å². The van der Waals surface area contributed by atoms with Gasteiger partial charge in [0.25, 0.3) is 17.7 Å². The minimum absolute atomic E-state index is 0.0233. The molecule has 3 heterocycles. The van der Waals surface area contributed by atoms with Gasteiger partial charge in [-0.15, -0.1) is 0 Å². The van der Waals surface area contributed by atoms with Crippen LogP contribution in [0.25, 0.3) is 0 Å². The number of amides is 5. The van der Waals surface area contributed by atoms with Gasteiger partial charge >= 0.3 is 12.0 Å². The molecule has 2 N–H and O–H groups in total. The molecule has 4 rings (SSSR count). The van der Waals surface area contributed by atoms with Crippen LogP contribution in [-0.4, -0.2) is 41.2 Å². The van der Waals surface area contributed by atoms with Crippen LogP contribution in [0.3, 0.4) is 0 Å². The number of urea groups is 1. The summed E-state index contributed by atoms with van der Waals surface area (Å²) in [5.74, 6) is -1.90. The molecule has 0 saturated carbocycles. The van der Waals surface area contributed by atoms with Crippen LogP contribution >= 0.6 is 0 Å². The van der Waals surface area contributed by atoms with Gasteiger partial charge in [-0.05, 0) is 42.5 Å². The molecule has 33 heavy (non-hydrogen) atoms. The third kappa shape index (κ3) is 4.82. The van der Waals surface area contributed by atoms with E-state index in [2.05, 4.69) is 5.32 Å². The van der Waals surface area contributed by atoms with E-state index in [9.17, 15) is 24.0 Å². The Morgan fingerprint density at radius 1 is 0.909 bits per heavy atom. The quantitative estimate of drug-likeness (QED) is 0.408. The first-order valence-electron chi connectivity index (χ1n) is 9.72. The number of fused-ring (bicyclic) bond motifs is 1. The summed E-state index contributed by atoms with van der Waals surface area (Å²) in [5.41, 5.74) is 0.168. The van der Waals surface area contributed by atoms with Crippen molar-refractivity contribution in [1.29, 1.82) is 0 Å². The first-order valence-corrected chi connectivity index (χ1v) is 9.72. The molecule has 168 valence electrons. The highest BCUT2D eigenvalue weighted by Gasteiger charge is 2.36.